The zero-order valence-electron chi connectivity index (χ0n) is 8.80. The van der Waals surface area contributed by atoms with Crippen LogP contribution in [-0.2, 0) is 19.6 Å². The molecule has 0 saturated carbocycles. The zero-order valence-corrected chi connectivity index (χ0v) is 9.61. The van der Waals surface area contributed by atoms with Crippen LogP contribution in [0.3, 0.4) is 0 Å². The predicted octanol–water partition coefficient (Wildman–Crippen LogP) is -1.21. The van der Waals surface area contributed by atoms with Gasteiger partial charge in [0.1, 0.15) is 17.3 Å². The highest BCUT2D eigenvalue weighted by molar-refractivity contribution is 7.89. The Morgan fingerprint density at radius 3 is 2.75 bits per heavy atom. The molecule has 90 valence electrons. The van der Waals surface area contributed by atoms with Gasteiger partial charge < -0.3 is 10.5 Å². The van der Waals surface area contributed by atoms with Crippen LogP contribution >= 0.6 is 0 Å². The largest absolute Gasteiger partial charge is 0.468 e. The molecular weight excluding hydrogens is 236 g/mol. The highest BCUT2D eigenvalue weighted by atomic mass is 32.2. The van der Waals surface area contributed by atoms with Gasteiger partial charge in [0.2, 0.25) is 10.0 Å². The average Bonchev–Trinajstić information content (AvgIpc) is 2.64. The summed E-state index contributed by atoms with van der Waals surface area (Å²) in [6.07, 6.45) is 1.08. The number of aromatic amines is 1. The molecule has 9 heteroatoms. The number of carbonyl (C=O) groups is 1. The van der Waals surface area contributed by atoms with E-state index in [4.69, 9.17) is 5.73 Å². The van der Waals surface area contributed by atoms with Crippen LogP contribution in [0.4, 0.5) is 5.82 Å². The van der Waals surface area contributed by atoms with E-state index in [1.54, 1.807) is 0 Å². The van der Waals surface area contributed by atoms with Gasteiger partial charge in [-0.3, -0.25) is 9.89 Å². The highest BCUT2D eigenvalue weighted by Crippen LogP contribution is 2.18. The van der Waals surface area contributed by atoms with Gasteiger partial charge in [-0.1, -0.05) is 0 Å². The zero-order chi connectivity index (χ0) is 12.3. The van der Waals surface area contributed by atoms with E-state index in [9.17, 15) is 13.2 Å². The third kappa shape index (κ3) is 2.31. The number of methoxy groups -OCH3 is 1. The number of hydrogen-bond acceptors (Lipinski definition) is 6. The Hall–Kier alpha value is -1.61. The van der Waals surface area contributed by atoms with Gasteiger partial charge in [-0.25, -0.2) is 8.42 Å². The first-order valence-electron chi connectivity index (χ1n) is 4.21. The van der Waals surface area contributed by atoms with Crippen molar-refractivity contribution in [1.82, 2.24) is 14.5 Å². The molecule has 0 unspecified atom stereocenters. The van der Waals surface area contributed by atoms with Crippen molar-refractivity contribution in [3.05, 3.63) is 6.20 Å². The molecular formula is C7H12N4O4S. The van der Waals surface area contributed by atoms with Crippen molar-refractivity contribution in [3.63, 3.8) is 0 Å². The third-order valence-corrected chi connectivity index (χ3v) is 3.73. The second-order valence-electron chi connectivity index (χ2n) is 2.99. The quantitative estimate of drug-likeness (QED) is 0.645. The molecule has 0 radical (unpaired) electrons. The smallest absolute Gasteiger partial charge is 0.321 e. The van der Waals surface area contributed by atoms with Gasteiger partial charge in [-0.2, -0.15) is 9.40 Å². The summed E-state index contributed by atoms with van der Waals surface area (Å²) in [4.78, 5) is 10.8. The molecule has 1 aromatic heterocycles. The number of anilines is 1. The minimum Gasteiger partial charge on any atom is -0.468 e. The number of carbonyl (C=O) groups excluding carboxylic acids is 1. The number of hydrogen-bond donors (Lipinski definition) is 2. The number of rotatable bonds is 4. The molecule has 16 heavy (non-hydrogen) atoms. The molecule has 1 aromatic rings. The Kier molecular flexibility index (Phi) is 3.50. The van der Waals surface area contributed by atoms with Crippen LogP contribution in [0.5, 0.6) is 0 Å². The van der Waals surface area contributed by atoms with E-state index < -0.39 is 16.0 Å². The van der Waals surface area contributed by atoms with E-state index in [2.05, 4.69) is 14.9 Å². The number of nitrogens with zero attached hydrogens (tertiary/aromatic N) is 2. The Bertz CT molecular complexity index is 480. The first-order chi connectivity index (χ1) is 7.39. The van der Waals surface area contributed by atoms with Crippen molar-refractivity contribution in [2.75, 3.05) is 26.4 Å². The molecule has 8 nitrogen and oxygen atoms in total. The molecule has 0 aliphatic heterocycles. The summed E-state index contributed by atoms with van der Waals surface area (Å²) in [7, 11) is -1.39. The normalized spacial score (nSPS) is 11.7. The second kappa shape index (κ2) is 4.49. The maximum atomic E-state index is 11.8. The van der Waals surface area contributed by atoms with E-state index in [-0.39, 0.29) is 17.3 Å². The summed E-state index contributed by atoms with van der Waals surface area (Å²) in [6, 6.07) is 0. The van der Waals surface area contributed by atoms with Crippen molar-refractivity contribution >= 4 is 21.8 Å². The SMILES string of the molecule is COC(=O)CN(C)S(=O)(=O)c1cn[nH]c1N. The molecule has 0 saturated heterocycles. The van der Waals surface area contributed by atoms with E-state index in [1.165, 1.54) is 14.2 Å². The van der Waals surface area contributed by atoms with Gasteiger partial charge in [0.25, 0.3) is 0 Å². The number of aromatic nitrogens is 2. The fraction of sp³-hybridized carbons (Fsp3) is 0.429. The summed E-state index contributed by atoms with van der Waals surface area (Å²) in [5.74, 6) is -0.732. The Labute approximate surface area is 92.4 Å². The second-order valence-corrected chi connectivity index (χ2v) is 5.00. The van der Waals surface area contributed by atoms with E-state index in [0.29, 0.717) is 0 Å². The summed E-state index contributed by atoms with van der Waals surface area (Å²) in [6.45, 7) is -0.385. The number of nitrogen functional groups attached to an aromatic ring is 1. The monoisotopic (exact) mass is 248 g/mol. The molecule has 0 atom stereocenters. The van der Waals surface area contributed by atoms with Crippen molar-refractivity contribution in [3.8, 4) is 0 Å². The van der Waals surface area contributed by atoms with Crippen LogP contribution in [0.25, 0.3) is 0 Å². The summed E-state index contributed by atoms with van der Waals surface area (Å²) in [5.41, 5.74) is 5.39. The molecule has 0 spiro atoms. The molecule has 0 aliphatic carbocycles. The molecule has 0 amide bonds. The van der Waals surface area contributed by atoms with Crippen LogP contribution in [0.15, 0.2) is 11.1 Å². The molecule has 0 fully saturated rings. The Balaban J connectivity index is 2.95. The molecule has 1 heterocycles. The molecule has 1 rings (SSSR count). The van der Waals surface area contributed by atoms with Crippen LogP contribution in [0.2, 0.25) is 0 Å². The highest BCUT2D eigenvalue weighted by Gasteiger charge is 2.26. The van der Waals surface area contributed by atoms with E-state index in [0.717, 1.165) is 10.5 Å². The number of ether oxygens (including phenoxy) is 1. The summed E-state index contributed by atoms with van der Waals surface area (Å²) < 4.78 is 28.9. The molecule has 3 N–H and O–H groups in total. The van der Waals surface area contributed by atoms with Crippen molar-refractivity contribution < 1.29 is 17.9 Å². The first-order valence-corrected chi connectivity index (χ1v) is 5.65. The van der Waals surface area contributed by atoms with Crippen molar-refractivity contribution in [2.24, 2.45) is 0 Å². The lowest BCUT2D eigenvalue weighted by molar-refractivity contribution is -0.140. The number of sulfonamides is 1. The lowest BCUT2D eigenvalue weighted by atomic mass is 10.7. The number of likely N-dealkylation sites (N-methyl/N-ethyl adjacent to an activating group) is 1. The lowest BCUT2D eigenvalue weighted by Gasteiger charge is -2.14. The number of esters is 1. The molecule has 0 bridgehead atoms. The topological polar surface area (TPSA) is 118 Å². The van der Waals surface area contributed by atoms with Crippen LogP contribution in [-0.4, -0.2) is 49.6 Å². The number of nitrogens with one attached hydrogen (secondary N) is 1. The fourth-order valence-electron chi connectivity index (χ4n) is 0.990. The molecule has 0 aromatic carbocycles. The van der Waals surface area contributed by atoms with Gasteiger partial charge in [0.15, 0.2) is 0 Å². The maximum absolute atomic E-state index is 11.8. The number of H-pyrrole nitrogens is 1. The van der Waals surface area contributed by atoms with Crippen LogP contribution in [0.1, 0.15) is 0 Å². The van der Waals surface area contributed by atoms with Crippen molar-refractivity contribution in [1.29, 1.82) is 0 Å². The average molecular weight is 248 g/mol. The Morgan fingerprint density at radius 2 is 2.31 bits per heavy atom. The van der Waals surface area contributed by atoms with E-state index in [1.807, 2.05) is 0 Å². The van der Waals surface area contributed by atoms with Crippen molar-refractivity contribution in [2.45, 2.75) is 4.90 Å². The Morgan fingerprint density at radius 1 is 1.69 bits per heavy atom. The summed E-state index contributed by atoms with van der Waals surface area (Å²) in [5, 5.41) is 5.80. The predicted molar refractivity (Wildman–Crippen MR) is 54.8 cm³/mol. The fourth-order valence-corrected chi connectivity index (χ4v) is 2.11. The van der Waals surface area contributed by atoms with E-state index >= 15 is 0 Å². The minimum atomic E-state index is -3.82. The van der Waals surface area contributed by atoms with Gasteiger partial charge in [0.05, 0.1) is 13.3 Å². The minimum absolute atomic E-state index is 0.0725. The van der Waals surface area contributed by atoms with Gasteiger partial charge >= 0.3 is 5.97 Å². The lowest BCUT2D eigenvalue weighted by Crippen LogP contribution is -2.32. The summed E-state index contributed by atoms with van der Waals surface area (Å²) >= 11 is 0. The third-order valence-electron chi connectivity index (χ3n) is 1.90. The van der Waals surface area contributed by atoms with Crippen LogP contribution < -0.4 is 5.73 Å². The van der Waals surface area contributed by atoms with Gasteiger partial charge in [-0.15, -0.1) is 0 Å². The van der Waals surface area contributed by atoms with Crippen LogP contribution in [0, 0.1) is 0 Å². The first kappa shape index (κ1) is 12.5. The number of nitrogens with two attached hydrogens (primary N) is 1. The maximum Gasteiger partial charge on any atom is 0.321 e. The molecule has 0 aliphatic rings. The standard InChI is InChI=1S/C7H12N4O4S/c1-11(4-6(12)15-2)16(13,14)5-3-9-10-7(5)8/h3H,4H2,1-2H3,(H3,8,9,10). The van der Waals surface area contributed by atoms with Gasteiger partial charge in [0, 0.05) is 7.05 Å². The van der Waals surface area contributed by atoms with Gasteiger partial charge in [-0.05, 0) is 0 Å².